The minimum absolute atomic E-state index is 0.0948. The molecule has 166 valence electrons. The van der Waals surface area contributed by atoms with Crippen LogP contribution in [0.5, 0.6) is 17.2 Å². The third-order valence-electron chi connectivity index (χ3n) is 4.52. The maximum absolute atomic E-state index is 12.5. The number of nitrogens with one attached hydrogen (secondary N) is 2. The van der Waals surface area contributed by atoms with Gasteiger partial charge in [-0.25, -0.2) is 17.9 Å². The molecule has 0 saturated heterocycles. The molecule has 2 aromatic carbocycles. The Bertz CT molecular complexity index is 1100. The Morgan fingerprint density at radius 1 is 1.13 bits per heavy atom. The zero-order chi connectivity index (χ0) is 22.8. The molecule has 0 aliphatic heterocycles. The Labute approximate surface area is 180 Å². The third kappa shape index (κ3) is 5.53. The Morgan fingerprint density at radius 3 is 2.35 bits per heavy atom. The lowest BCUT2D eigenvalue weighted by Gasteiger charge is -2.15. The molecule has 1 aliphatic carbocycles. The zero-order valence-electron chi connectivity index (χ0n) is 17.4. The summed E-state index contributed by atoms with van der Waals surface area (Å²) < 4.78 is 38.1. The topological polar surface area (TPSA) is 131 Å². The van der Waals surface area contributed by atoms with E-state index in [1.165, 1.54) is 18.2 Å². The maximum Gasteiger partial charge on any atom is 0.397 e. The van der Waals surface area contributed by atoms with Crippen LogP contribution in [-0.4, -0.2) is 38.0 Å². The highest BCUT2D eigenvalue weighted by Crippen LogP contribution is 2.35. The summed E-state index contributed by atoms with van der Waals surface area (Å²) in [4.78, 5) is 23.1. The number of esters is 1. The molecule has 0 atom stereocenters. The van der Waals surface area contributed by atoms with E-state index in [0.717, 1.165) is 12.8 Å². The van der Waals surface area contributed by atoms with Gasteiger partial charge in [0.05, 0.1) is 6.61 Å². The van der Waals surface area contributed by atoms with Crippen LogP contribution >= 0.6 is 0 Å². The first kappa shape index (κ1) is 22.6. The fourth-order valence-electron chi connectivity index (χ4n) is 2.94. The first-order valence-corrected chi connectivity index (χ1v) is 11.2. The molecular formula is C21H24N2O7S. The van der Waals surface area contributed by atoms with Crippen LogP contribution in [0, 0.1) is 13.8 Å². The summed E-state index contributed by atoms with van der Waals surface area (Å²) in [6, 6.07) is 7.11. The molecular weight excluding hydrogens is 424 g/mol. The molecule has 0 unspecified atom stereocenters. The van der Waals surface area contributed by atoms with Crippen molar-refractivity contribution in [3.63, 3.8) is 0 Å². The lowest BCUT2D eigenvalue weighted by molar-refractivity contribution is -0.152. The van der Waals surface area contributed by atoms with E-state index < -0.39 is 21.9 Å². The molecule has 3 rings (SSSR count). The van der Waals surface area contributed by atoms with E-state index in [0.29, 0.717) is 22.6 Å². The van der Waals surface area contributed by atoms with Gasteiger partial charge in [0, 0.05) is 17.8 Å². The smallest absolute Gasteiger partial charge is 0.397 e. The van der Waals surface area contributed by atoms with Gasteiger partial charge in [-0.05, 0) is 69.0 Å². The lowest BCUT2D eigenvalue weighted by atomic mass is 10.1. The van der Waals surface area contributed by atoms with E-state index in [1.807, 2.05) is 0 Å². The SMILES string of the molecule is CCOC(=O)C(=O)Nc1cc(C)c(Oc2ccc(O)c(S(=O)(=O)NC3CC3)c2)c(C)c1. The number of sulfonamides is 1. The molecule has 1 aliphatic rings. The van der Waals surface area contributed by atoms with Crippen molar-refractivity contribution in [2.45, 2.75) is 44.6 Å². The minimum Gasteiger partial charge on any atom is -0.507 e. The van der Waals surface area contributed by atoms with Crippen molar-refractivity contribution in [2.24, 2.45) is 0 Å². The first-order valence-electron chi connectivity index (χ1n) is 9.73. The van der Waals surface area contributed by atoms with E-state index in [4.69, 9.17) is 4.74 Å². The number of amides is 1. The number of benzene rings is 2. The summed E-state index contributed by atoms with van der Waals surface area (Å²) in [7, 11) is -3.87. The Kier molecular flexibility index (Phi) is 6.51. The number of anilines is 1. The standard InChI is InChI=1S/C21H24N2O7S/c1-4-29-21(26)20(25)22-15-9-12(2)19(13(3)10-15)30-16-7-8-17(24)18(11-16)31(27,28)23-14-5-6-14/h7-11,14,23-24H,4-6H2,1-3H3,(H,22,25). The van der Waals surface area contributed by atoms with Crippen molar-refractivity contribution in [1.82, 2.24) is 4.72 Å². The van der Waals surface area contributed by atoms with Crippen molar-refractivity contribution < 1.29 is 32.6 Å². The Balaban J connectivity index is 1.82. The quantitative estimate of drug-likeness (QED) is 0.438. The molecule has 10 heteroatoms. The maximum atomic E-state index is 12.5. The number of hydrogen-bond donors (Lipinski definition) is 3. The summed E-state index contributed by atoms with van der Waals surface area (Å²) in [5.41, 5.74) is 1.68. The number of aromatic hydroxyl groups is 1. The van der Waals surface area contributed by atoms with Gasteiger partial charge in [-0.1, -0.05) is 0 Å². The van der Waals surface area contributed by atoms with E-state index >= 15 is 0 Å². The van der Waals surface area contributed by atoms with Crippen molar-refractivity contribution in [2.75, 3.05) is 11.9 Å². The number of rotatable bonds is 7. The van der Waals surface area contributed by atoms with Gasteiger partial charge in [-0.2, -0.15) is 0 Å². The number of carbonyl (C=O) groups excluding carboxylic acids is 2. The van der Waals surface area contributed by atoms with Crippen LogP contribution in [0.2, 0.25) is 0 Å². The van der Waals surface area contributed by atoms with Crippen LogP contribution in [0.3, 0.4) is 0 Å². The van der Waals surface area contributed by atoms with Gasteiger partial charge in [0.1, 0.15) is 22.1 Å². The van der Waals surface area contributed by atoms with Gasteiger partial charge < -0.3 is 19.9 Å². The van der Waals surface area contributed by atoms with Crippen LogP contribution in [0.15, 0.2) is 35.2 Å². The van der Waals surface area contributed by atoms with Gasteiger partial charge in [0.2, 0.25) is 10.0 Å². The first-order chi connectivity index (χ1) is 14.6. The average molecular weight is 448 g/mol. The van der Waals surface area contributed by atoms with Gasteiger partial charge >= 0.3 is 11.9 Å². The second-order valence-corrected chi connectivity index (χ2v) is 8.92. The van der Waals surface area contributed by atoms with Crippen LogP contribution in [-0.2, 0) is 24.3 Å². The molecule has 1 fully saturated rings. The molecule has 9 nitrogen and oxygen atoms in total. The highest BCUT2D eigenvalue weighted by atomic mass is 32.2. The fourth-order valence-corrected chi connectivity index (χ4v) is 4.35. The monoisotopic (exact) mass is 448 g/mol. The number of ether oxygens (including phenoxy) is 2. The third-order valence-corrected chi connectivity index (χ3v) is 6.07. The average Bonchev–Trinajstić information content (AvgIpc) is 3.49. The largest absolute Gasteiger partial charge is 0.507 e. The molecule has 0 bridgehead atoms. The summed E-state index contributed by atoms with van der Waals surface area (Å²) in [6.07, 6.45) is 1.54. The molecule has 0 radical (unpaired) electrons. The number of phenolic OH excluding ortho intramolecular Hbond substituents is 1. The summed E-state index contributed by atoms with van der Waals surface area (Å²) in [6.45, 7) is 5.19. The van der Waals surface area contributed by atoms with Gasteiger partial charge in [0.15, 0.2) is 0 Å². The number of phenols is 1. The summed E-state index contributed by atoms with van der Waals surface area (Å²) in [5, 5.41) is 12.5. The Hall–Kier alpha value is -3.11. The predicted octanol–water partition coefficient (Wildman–Crippen LogP) is 2.74. The van der Waals surface area contributed by atoms with Crippen LogP contribution in [0.1, 0.15) is 30.9 Å². The minimum atomic E-state index is -3.87. The number of hydrogen-bond acceptors (Lipinski definition) is 7. The van der Waals surface area contributed by atoms with Gasteiger partial charge in [-0.15, -0.1) is 0 Å². The molecule has 0 spiro atoms. The number of aryl methyl sites for hydroxylation is 2. The van der Waals surface area contributed by atoms with Crippen molar-refractivity contribution in [3.8, 4) is 17.2 Å². The molecule has 1 saturated carbocycles. The summed E-state index contributed by atoms with van der Waals surface area (Å²) >= 11 is 0. The summed E-state index contributed by atoms with van der Waals surface area (Å²) in [5.74, 6) is -1.55. The highest BCUT2D eigenvalue weighted by Gasteiger charge is 2.30. The molecule has 3 N–H and O–H groups in total. The van der Waals surface area contributed by atoms with Gasteiger partial charge in [-0.3, -0.25) is 4.79 Å². The van der Waals surface area contributed by atoms with E-state index in [-0.39, 0.29) is 29.0 Å². The van der Waals surface area contributed by atoms with Crippen LogP contribution < -0.4 is 14.8 Å². The highest BCUT2D eigenvalue weighted by molar-refractivity contribution is 7.89. The fraction of sp³-hybridized carbons (Fsp3) is 0.333. The van der Waals surface area contributed by atoms with Crippen molar-refractivity contribution >= 4 is 27.6 Å². The van der Waals surface area contributed by atoms with E-state index in [2.05, 4.69) is 14.8 Å². The molecule has 31 heavy (non-hydrogen) atoms. The van der Waals surface area contributed by atoms with Crippen molar-refractivity contribution in [1.29, 1.82) is 0 Å². The lowest BCUT2D eigenvalue weighted by Crippen LogP contribution is -2.25. The second kappa shape index (κ2) is 8.94. The molecule has 0 aromatic heterocycles. The van der Waals surface area contributed by atoms with Gasteiger partial charge in [0.25, 0.3) is 0 Å². The predicted molar refractivity (Wildman–Crippen MR) is 113 cm³/mol. The van der Waals surface area contributed by atoms with Crippen LogP contribution in [0.4, 0.5) is 5.69 Å². The van der Waals surface area contributed by atoms with E-state index in [1.54, 1.807) is 32.9 Å². The van der Waals surface area contributed by atoms with Crippen LogP contribution in [0.25, 0.3) is 0 Å². The van der Waals surface area contributed by atoms with Crippen molar-refractivity contribution in [3.05, 3.63) is 41.5 Å². The van der Waals surface area contributed by atoms with E-state index in [9.17, 15) is 23.1 Å². The second-order valence-electron chi connectivity index (χ2n) is 7.24. The molecule has 0 heterocycles. The number of carbonyl (C=O) groups is 2. The normalized spacial score (nSPS) is 13.5. The molecule has 1 amide bonds. The molecule has 2 aromatic rings. The zero-order valence-corrected chi connectivity index (χ0v) is 18.2. The Morgan fingerprint density at radius 2 is 1.77 bits per heavy atom.